The number of fused-ring (bicyclic) bond motifs is 1. The van der Waals surface area contributed by atoms with E-state index in [9.17, 15) is 9.59 Å². The quantitative estimate of drug-likeness (QED) is 0.870. The molecule has 0 bridgehead atoms. The summed E-state index contributed by atoms with van der Waals surface area (Å²) < 4.78 is 0. The minimum absolute atomic E-state index is 0.0402. The van der Waals surface area contributed by atoms with E-state index in [0.717, 1.165) is 30.6 Å². The fourth-order valence-corrected chi connectivity index (χ4v) is 3.96. The van der Waals surface area contributed by atoms with E-state index in [0.29, 0.717) is 18.0 Å². The average Bonchev–Trinajstić information content (AvgIpc) is 3.05. The number of carbonyl (C=O) groups excluding carboxylic acids is 2. The third-order valence-electron chi connectivity index (χ3n) is 5.24. The van der Waals surface area contributed by atoms with Gasteiger partial charge in [0.1, 0.15) is 0 Å². The summed E-state index contributed by atoms with van der Waals surface area (Å²) in [6.45, 7) is 3.57. The molecule has 2 unspecified atom stereocenters. The minimum Gasteiger partial charge on any atom is -0.352 e. The van der Waals surface area contributed by atoms with Gasteiger partial charge in [-0.05, 0) is 48.1 Å². The second-order valence-corrected chi connectivity index (χ2v) is 7.23. The van der Waals surface area contributed by atoms with Gasteiger partial charge in [-0.25, -0.2) is 4.79 Å². The van der Waals surface area contributed by atoms with E-state index in [1.807, 2.05) is 29.2 Å². The molecule has 5 nitrogen and oxygen atoms in total. The van der Waals surface area contributed by atoms with Crippen LogP contribution >= 0.6 is 0 Å². The molecule has 4 rings (SSSR count). The Bertz CT molecular complexity index is 834. The maximum absolute atomic E-state index is 12.9. The summed E-state index contributed by atoms with van der Waals surface area (Å²) in [5.41, 5.74) is 3.61. The Morgan fingerprint density at radius 2 is 2.00 bits per heavy atom. The molecule has 2 aromatic rings. The van der Waals surface area contributed by atoms with Gasteiger partial charge in [-0.2, -0.15) is 0 Å². The zero-order valence-corrected chi connectivity index (χ0v) is 14.9. The van der Waals surface area contributed by atoms with Crippen molar-refractivity contribution in [1.82, 2.24) is 10.2 Å². The van der Waals surface area contributed by atoms with Crippen molar-refractivity contribution in [2.75, 3.05) is 18.4 Å². The van der Waals surface area contributed by atoms with Crippen LogP contribution in [0, 0.1) is 5.92 Å². The van der Waals surface area contributed by atoms with Crippen molar-refractivity contribution in [2.45, 2.75) is 25.8 Å². The SMILES string of the molecule is CC1CC(c2ccccc2)N(C(=O)Nc2ccc3c(c2)CCNC3=O)C1. The van der Waals surface area contributed by atoms with E-state index >= 15 is 0 Å². The van der Waals surface area contributed by atoms with Crippen LogP contribution in [0.2, 0.25) is 0 Å². The molecule has 2 heterocycles. The molecule has 2 aromatic carbocycles. The van der Waals surface area contributed by atoms with Crippen LogP contribution in [0.3, 0.4) is 0 Å². The molecule has 0 aromatic heterocycles. The summed E-state index contributed by atoms with van der Waals surface area (Å²) in [6, 6.07) is 15.7. The molecule has 0 saturated carbocycles. The standard InChI is InChI=1S/C21H23N3O2/c1-14-11-19(15-5-3-2-4-6-15)24(13-14)21(26)23-17-7-8-18-16(12-17)9-10-22-20(18)25/h2-8,12,14,19H,9-11,13H2,1H3,(H,22,25)(H,23,26). The molecule has 1 fully saturated rings. The molecule has 26 heavy (non-hydrogen) atoms. The zero-order chi connectivity index (χ0) is 18.1. The summed E-state index contributed by atoms with van der Waals surface area (Å²) in [5.74, 6) is 0.430. The predicted molar refractivity (Wildman–Crippen MR) is 101 cm³/mol. The normalized spacial score (nSPS) is 21.9. The maximum Gasteiger partial charge on any atom is 0.322 e. The first-order chi connectivity index (χ1) is 12.6. The van der Waals surface area contributed by atoms with Crippen molar-refractivity contribution < 1.29 is 9.59 Å². The van der Waals surface area contributed by atoms with E-state index in [1.54, 1.807) is 12.1 Å². The lowest BCUT2D eigenvalue weighted by Crippen LogP contribution is -2.35. The second-order valence-electron chi connectivity index (χ2n) is 7.23. The molecule has 0 radical (unpaired) electrons. The Balaban J connectivity index is 1.53. The summed E-state index contributed by atoms with van der Waals surface area (Å²) in [5, 5.41) is 5.86. The van der Waals surface area contributed by atoms with Crippen molar-refractivity contribution in [3.05, 3.63) is 65.2 Å². The van der Waals surface area contributed by atoms with Gasteiger partial charge in [-0.3, -0.25) is 4.79 Å². The molecule has 3 amide bonds. The van der Waals surface area contributed by atoms with Gasteiger partial charge in [-0.1, -0.05) is 37.3 Å². The van der Waals surface area contributed by atoms with Crippen LogP contribution in [0.15, 0.2) is 48.5 Å². The number of likely N-dealkylation sites (tertiary alicyclic amines) is 1. The van der Waals surface area contributed by atoms with Crippen LogP contribution in [0.4, 0.5) is 10.5 Å². The highest BCUT2D eigenvalue weighted by Crippen LogP contribution is 2.35. The largest absolute Gasteiger partial charge is 0.352 e. The maximum atomic E-state index is 12.9. The fraction of sp³-hybridized carbons (Fsp3) is 0.333. The molecule has 2 aliphatic heterocycles. The van der Waals surface area contributed by atoms with E-state index in [2.05, 4.69) is 29.7 Å². The van der Waals surface area contributed by atoms with Gasteiger partial charge < -0.3 is 15.5 Å². The van der Waals surface area contributed by atoms with Crippen LogP contribution in [-0.4, -0.2) is 29.9 Å². The molecule has 0 spiro atoms. The average molecular weight is 349 g/mol. The van der Waals surface area contributed by atoms with Crippen molar-refractivity contribution in [3.63, 3.8) is 0 Å². The molecule has 0 aliphatic carbocycles. The minimum atomic E-state index is -0.0802. The van der Waals surface area contributed by atoms with Gasteiger partial charge in [-0.15, -0.1) is 0 Å². The number of hydrogen-bond donors (Lipinski definition) is 2. The molecule has 2 N–H and O–H groups in total. The zero-order valence-electron chi connectivity index (χ0n) is 14.9. The van der Waals surface area contributed by atoms with Gasteiger partial charge in [0.15, 0.2) is 0 Å². The lowest BCUT2D eigenvalue weighted by atomic mass is 10.00. The Hall–Kier alpha value is -2.82. The topological polar surface area (TPSA) is 61.4 Å². The number of benzene rings is 2. The lowest BCUT2D eigenvalue weighted by Gasteiger charge is -2.26. The van der Waals surface area contributed by atoms with Crippen LogP contribution in [0.1, 0.15) is 40.9 Å². The Morgan fingerprint density at radius 1 is 1.19 bits per heavy atom. The molecule has 5 heteroatoms. The summed E-state index contributed by atoms with van der Waals surface area (Å²) >= 11 is 0. The van der Waals surface area contributed by atoms with Gasteiger partial charge in [0.2, 0.25) is 0 Å². The monoisotopic (exact) mass is 349 g/mol. The first kappa shape index (κ1) is 16.6. The molecular formula is C21H23N3O2. The van der Waals surface area contributed by atoms with Gasteiger partial charge in [0.05, 0.1) is 6.04 Å². The van der Waals surface area contributed by atoms with E-state index in [-0.39, 0.29) is 18.0 Å². The first-order valence-corrected chi connectivity index (χ1v) is 9.15. The summed E-state index contributed by atoms with van der Waals surface area (Å²) in [7, 11) is 0. The molecule has 134 valence electrons. The number of amides is 3. The smallest absolute Gasteiger partial charge is 0.322 e. The Labute approximate surface area is 153 Å². The first-order valence-electron chi connectivity index (χ1n) is 9.15. The van der Waals surface area contributed by atoms with E-state index in [4.69, 9.17) is 0 Å². The molecular weight excluding hydrogens is 326 g/mol. The van der Waals surface area contributed by atoms with Gasteiger partial charge >= 0.3 is 6.03 Å². The highest BCUT2D eigenvalue weighted by molar-refractivity contribution is 5.98. The highest BCUT2D eigenvalue weighted by atomic mass is 16.2. The van der Waals surface area contributed by atoms with Crippen molar-refractivity contribution in [1.29, 1.82) is 0 Å². The van der Waals surface area contributed by atoms with Crippen molar-refractivity contribution in [2.24, 2.45) is 5.92 Å². The van der Waals surface area contributed by atoms with Gasteiger partial charge in [0, 0.05) is 24.3 Å². The van der Waals surface area contributed by atoms with Crippen LogP contribution in [0.25, 0.3) is 0 Å². The summed E-state index contributed by atoms with van der Waals surface area (Å²) in [6.07, 6.45) is 1.76. The van der Waals surface area contributed by atoms with Crippen molar-refractivity contribution >= 4 is 17.6 Å². The lowest BCUT2D eigenvalue weighted by molar-refractivity contribution is 0.0946. The molecule has 2 atom stereocenters. The fourth-order valence-electron chi connectivity index (χ4n) is 3.96. The Kier molecular flexibility index (Phi) is 4.37. The van der Waals surface area contributed by atoms with E-state index in [1.165, 1.54) is 5.56 Å². The van der Waals surface area contributed by atoms with Crippen molar-refractivity contribution in [3.8, 4) is 0 Å². The number of rotatable bonds is 2. The Morgan fingerprint density at radius 3 is 2.81 bits per heavy atom. The third kappa shape index (κ3) is 3.17. The number of anilines is 1. The number of nitrogens with zero attached hydrogens (tertiary/aromatic N) is 1. The second kappa shape index (κ2) is 6.83. The van der Waals surface area contributed by atoms with Crippen LogP contribution in [0.5, 0.6) is 0 Å². The predicted octanol–water partition coefficient (Wildman–Crippen LogP) is 3.59. The summed E-state index contributed by atoms with van der Waals surface area (Å²) in [4.78, 5) is 26.7. The number of urea groups is 1. The van der Waals surface area contributed by atoms with Crippen LogP contribution < -0.4 is 10.6 Å². The van der Waals surface area contributed by atoms with Crippen LogP contribution in [-0.2, 0) is 6.42 Å². The molecule has 2 aliphatic rings. The van der Waals surface area contributed by atoms with E-state index < -0.39 is 0 Å². The van der Waals surface area contributed by atoms with Gasteiger partial charge in [0.25, 0.3) is 5.91 Å². The highest BCUT2D eigenvalue weighted by Gasteiger charge is 2.34. The molecule has 1 saturated heterocycles. The number of nitrogens with one attached hydrogen (secondary N) is 2. The number of hydrogen-bond acceptors (Lipinski definition) is 2. The number of carbonyl (C=O) groups is 2. The third-order valence-corrected chi connectivity index (χ3v) is 5.24.